The average molecular weight is 236 g/mol. The molecule has 3 N–H and O–H groups in total. The Bertz CT molecular complexity index is 419. The van der Waals surface area contributed by atoms with Gasteiger partial charge < -0.3 is 10.8 Å². The third-order valence-electron chi connectivity index (χ3n) is 3.04. The van der Waals surface area contributed by atoms with Crippen molar-refractivity contribution in [2.24, 2.45) is 11.7 Å². The molecule has 0 aliphatic carbocycles. The molecule has 0 amide bonds. The van der Waals surface area contributed by atoms with Crippen molar-refractivity contribution >= 4 is 11.8 Å². The highest BCUT2D eigenvalue weighted by molar-refractivity contribution is 6.15. The van der Waals surface area contributed by atoms with Gasteiger partial charge in [-0.05, 0) is 18.1 Å². The summed E-state index contributed by atoms with van der Waals surface area (Å²) in [6.45, 7) is 3.45. The third-order valence-corrected chi connectivity index (χ3v) is 3.04. The lowest BCUT2D eigenvalue weighted by Gasteiger charge is -2.28. The summed E-state index contributed by atoms with van der Waals surface area (Å²) in [6.07, 6.45) is 3.35. The van der Waals surface area contributed by atoms with E-state index >= 15 is 0 Å². The third kappa shape index (κ3) is 2.34. The number of carboxylic acid groups (broad SMARTS) is 1. The van der Waals surface area contributed by atoms with E-state index in [0.717, 1.165) is 0 Å². The van der Waals surface area contributed by atoms with Gasteiger partial charge in [0, 0.05) is 18.0 Å². The second kappa shape index (κ2) is 5.05. The Kier molecular flexibility index (Phi) is 3.96. The monoisotopic (exact) mass is 236 g/mol. The number of aliphatic carboxylic acids is 1. The van der Waals surface area contributed by atoms with Crippen LogP contribution in [0.1, 0.15) is 30.6 Å². The van der Waals surface area contributed by atoms with Crippen LogP contribution in [0.25, 0.3) is 0 Å². The number of carbonyl (C=O) groups excluding carboxylic acids is 1. The van der Waals surface area contributed by atoms with E-state index in [1.54, 1.807) is 19.9 Å². The van der Waals surface area contributed by atoms with Crippen LogP contribution in [-0.2, 0) is 4.79 Å². The molecule has 0 fully saturated rings. The van der Waals surface area contributed by atoms with Crippen molar-refractivity contribution in [2.75, 3.05) is 0 Å². The van der Waals surface area contributed by atoms with Crippen LogP contribution in [0.15, 0.2) is 24.5 Å². The smallest absolute Gasteiger partial charge is 0.332 e. The quantitative estimate of drug-likeness (QED) is 0.589. The molecule has 17 heavy (non-hydrogen) atoms. The van der Waals surface area contributed by atoms with Crippen molar-refractivity contribution in [3.63, 3.8) is 0 Å². The molecule has 0 spiro atoms. The Labute approximate surface area is 99.7 Å². The van der Waals surface area contributed by atoms with Gasteiger partial charge in [0.2, 0.25) is 0 Å². The first-order chi connectivity index (χ1) is 7.94. The molecule has 0 aromatic carbocycles. The highest BCUT2D eigenvalue weighted by atomic mass is 16.4. The molecule has 1 rings (SSSR count). The van der Waals surface area contributed by atoms with Gasteiger partial charge in [-0.1, -0.05) is 20.3 Å². The van der Waals surface area contributed by atoms with Crippen LogP contribution < -0.4 is 5.73 Å². The van der Waals surface area contributed by atoms with Crippen molar-refractivity contribution in [1.29, 1.82) is 0 Å². The van der Waals surface area contributed by atoms with Crippen LogP contribution in [0.5, 0.6) is 0 Å². The largest absolute Gasteiger partial charge is 0.480 e. The second-order valence-electron chi connectivity index (χ2n) is 4.05. The lowest BCUT2D eigenvalue weighted by molar-refractivity contribution is -0.143. The van der Waals surface area contributed by atoms with Gasteiger partial charge in [0.15, 0.2) is 11.3 Å². The molecule has 1 aromatic rings. The number of nitrogens with two attached hydrogens (primary N) is 1. The van der Waals surface area contributed by atoms with Crippen LogP contribution in [0.4, 0.5) is 0 Å². The molecule has 0 saturated carbocycles. The van der Waals surface area contributed by atoms with E-state index in [4.69, 9.17) is 5.73 Å². The maximum Gasteiger partial charge on any atom is 0.332 e. The van der Waals surface area contributed by atoms with Crippen LogP contribution in [-0.4, -0.2) is 27.4 Å². The van der Waals surface area contributed by atoms with E-state index in [9.17, 15) is 14.7 Å². The summed E-state index contributed by atoms with van der Waals surface area (Å²) < 4.78 is 0. The Morgan fingerprint density at radius 2 is 2.24 bits per heavy atom. The number of hydrogen-bond acceptors (Lipinski definition) is 4. The number of pyridine rings is 1. The fraction of sp³-hybridized carbons (Fsp3) is 0.417. The van der Waals surface area contributed by atoms with Crippen LogP contribution in [0, 0.1) is 5.92 Å². The lowest BCUT2D eigenvalue weighted by atomic mass is 9.78. The first-order valence-corrected chi connectivity index (χ1v) is 5.41. The van der Waals surface area contributed by atoms with E-state index in [1.807, 2.05) is 0 Å². The molecular weight excluding hydrogens is 220 g/mol. The van der Waals surface area contributed by atoms with Gasteiger partial charge in [0.05, 0.1) is 0 Å². The van der Waals surface area contributed by atoms with Gasteiger partial charge in [-0.25, -0.2) is 4.79 Å². The first kappa shape index (κ1) is 13.3. The first-order valence-electron chi connectivity index (χ1n) is 5.41. The Morgan fingerprint density at radius 1 is 1.59 bits per heavy atom. The van der Waals surface area contributed by atoms with E-state index in [2.05, 4.69) is 4.98 Å². The molecule has 0 saturated heterocycles. The number of carboxylic acids is 1. The zero-order chi connectivity index (χ0) is 13.1. The Hall–Kier alpha value is -1.75. The van der Waals surface area contributed by atoms with Gasteiger partial charge in [0.25, 0.3) is 0 Å². The zero-order valence-electron chi connectivity index (χ0n) is 9.88. The zero-order valence-corrected chi connectivity index (χ0v) is 9.88. The topological polar surface area (TPSA) is 93.3 Å². The number of ketones is 1. The predicted molar refractivity (Wildman–Crippen MR) is 62.6 cm³/mol. The average Bonchev–Trinajstić information content (AvgIpc) is 2.36. The van der Waals surface area contributed by atoms with Gasteiger partial charge in [-0.15, -0.1) is 0 Å². The maximum absolute atomic E-state index is 12.2. The molecule has 1 aromatic heterocycles. The fourth-order valence-electron chi connectivity index (χ4n) is 1.59. The van der Waals surface area contributed by atoms with Gasteiger partial charge in [-0.3, -0.25) is 9.78 Å². The summed E-state index contributed by atoms with van der Waals surface area (Å²) in [5, 5.41) is 9.20. The minimum atomic E-state index is -1.89. The van der Waals surface area contributed by atoms with Crippen LogP contribution >= 0.6 is 0 Å². The Morgan fingerprint density at radius 3 is 2.65 bits per heavy atom. The van der Waals surface area contributed by atoms with E-state index in [0.29, 0.717) is 6.42 Å². The summed E-state index contributed by atoms with van der Waals surface area (Å²) in [5.41, 5.74) is 4.12. The fourth-order valence-corrected chi connectivity index (χ4v) is 1.59. The van der Waals surface area contributed by atoms with E-state index in [1.165, 1.54) is 18.5 Å². The SMILES string of the molecule is CCC(C)C(N)(C(=O)O)C(=O)c1cccnc1. The highest BCUT2D eigenvalue weighted by Crippen LogP contribution is 2.23. The molecule has 92 valence electrons. The van der Waals surface area contributed by atoms with E-state index in [-0.39, 0.29) is 5.56 Å². The molecule has 0 aliphatic heterocycles. The molecule has 0 aliphatic rings. The summed E-state index contributed by atoms with van der Waals surface area (Å²) in [4.78, 5) is 27.2. The molecule has 2 unspecified atom stereocenters. The number of carbonyl (C=O) groups is 2. The molecule has 0 radical (unpaired) electrons. The van der Waals surface area contributed by atoms with E-state index < -0.39 is 23.2 Å². The number of rotatable bonds is 5. The van der Waals surface area contributed by atoms with Crippen molar-refractivity contribution in [1.82, 2.24) is 4.98 Å². The van der Waals surface area contributed by atoms with Crippen molar-refractivity contribution in [2.45, 2.75) is 25.8 Å². The highest BCUT2D eigenvalue weighted by Gasteiger charge is 2.46. The minimum Gasteiger partial charge on any atom is -0.480 e. The molecule has 0 bridgehead atoms. The maximum atomic E-state index is 12.2. The number of nitrogens with zero attached hydrogens (tertiary/aromatic N) is 1. The number of hydrogen-bond donors (Lipinski definition) is 2. The van der Waals surface area contributed by atoms with Crippen molar-refractivity contribution in [3.8, 4) is 0 Å². The van der Waals surface area contributed by atoms with Gasteiger partial charge >= 0.3 is 5.97 Å². The summed E-state index contributed by atoms with van der Waals surface area (Å²) >= 11 is 0. The van der Waals surface area contributed by atoms with Gasteiger partial charge in [0.1, 0.15) is 0 Å². The summed E-state index contributed by atoms with van der Waals surface area (Å²) in [6, 6.07) is 3.09. The van der Waals surface area contributed by atoms with Crippen molar-refractivity contribution in [3.05, 3.63) is 30.1 Å². The standard InChI is InChI=1S/C12H16N2O3/c1-3-8(2)12(13,11(16)17)10(15)9-5-4-6-14-7-9/h4-8H,3,13H2,1-2H3,(H,16,17). The second-order valence-corrected chi connectivity index (χ2v) is 4.05. The van der Waals surface area contributed by atoms with Crippen molar-refractivity contribution < 1.29 is 14.7 Å². The summed E-state index contributed by atoms with van der Waals surface area (Å²) in [7, 11) is 0. The number of aromatic nitrogens is 1. The van der Waals surface area contributed by atoms with Crippen LogP contribution in [0.2, 0.25) is 0 Å². The Balaban J connectivity index is 3.18. The van der Waals surface area contributed by atoms with Gasteiger partial charge in [-0.2, -0.15) is 0 Å². The predicted octanol–water partition coefficient (Wildman–Crippen LogP) is 1.09. The summed E-state index contributed by atoms with van der Waals surface area (Å²) in [5.74, 6) is -2.36. The molecule has 2 atom stereocenters. The van der Waals surface area contributed by atoms with Crippen LogP contribution in [0.3, 0.4) is 0 Å². The molecule has 5 nitrogen and oxygen atoms in total. The molecule has 1 heterocycles. The normalized spacial score (nSPS) is 15.9. The minimum absolute atomic E-state index is 0.220. The molecule has 5 heteroatoms. The number of Topliss-reactive ketones (excluding diaryl/α,β-unsaturated/α-hetero) is 1. The molecular formula is C12H16N2O3. The lowest BCUT2D eigenvalue weighted by Crippen LogP contribution is -2.59.